The highest BCUT2D eigenvalue weighted by Crippen LogP contribution is 2.24. The average molecular weight is 394 g/mol. The number of hydrogen-bond donors (Lipinski definition) is 1. The third-order valence-electron chi connectivity index (χ3n) is 4.97. The number of carbonyl (C=O) groups is 1. The van der Waals surface area contributed by atoms with Crippen LogP contribution in [0.25, 0.3) is 16.7 Å². The predicted octanol–water partition coefficient (Wildman–Crippen LogP) is 3.82. The van der Waals surface area contributed by atoms with Crippen LogP contribution >= 0.6 is 0 Å². The van der Waals surface area contributed by atoms with Crippen molar-refractivity contribution in [2.45, 2.75) is 13.5 Å². The van der Waals surface area contributed by atoms with Gasteiger partial charge in [0.2, 0.25) is 5.65 Å². The zero-order valence-electron chi connectivity index (χ0n) is 16.3. The molecule has 5 aromatic rings. The zero-order valence-corrected chi connectivity index (χ0v) is 16.3. The molecule has 7 nitrogen and oxygen atoms in total. The summed E-state index contributed by atoms with van der Waals surface area (Å²) in [5, 5.41) is 11.9. The number of aromatic nitrogens is 5. The van der Waals surface area contributed by atoms with Crippen LogP contribution < -0.4 is 5.32 Å². The molecule has 7 heteroatoms. The summed E-state index contributed by atoms with van der Waals surface area (Å²) in [5.74, 6) is 1.33. The minimum absolute atomic E-state index is 0.0323. The molecule has 0 saturated carbocycles. The zero-order chi connectivity index (χ0) is 20.5. The van der Waals surface area contributed by atoms with Gasteiger partial charge >= 0.3 is 0 Å². The van der Waals surface area contributed by atoms with E-state index in [9.17, 15) is 4.79 Å². The van der Waals surface area contributed by atoms with E-state index in [4.69, 9.17) is 4.98 Å². The molecular weight excluding hydrogens is 376 g/mol. The van der Waals surface area contributed by atoms with Gasteiger partial charge in [-0.1, -0.05) is 36.4 Å². The monoisotopic (exact) mass is 394 g/mol. The van der Waals surface area contributed by atoms with E-state index in [-0.39, 0.29) is 5.78 Å². The van der Waals surface area contributed by atoms with E-state index < -0.39 is 0 Å². The number of rotatable bonds is 5. The lowest BCUT2D eigenvalue weighted by Crippen LogP contribution is -2.07. The van der Waals surface area contributed by atoms with Crippen LogP contribution in [0.2, 0.25) is 0 Å². The molecule has 1 N–H and O–H groups in total. The number of hydrogen-bond acceptors (Lipinski definition) is 6. The Bertz CT molecular complexity index is 1360. The van der Waals surface area contributed by atoms with Crippen LogP contribution in [0.5, 0.6) is 0 Å². The van der Waals surface area contributed by atoms with Crippen LogP contribution in [0.15, 0.2) is 73.1 Å². The van der Waals surface area contributed by atoms with Gasteiger partial charge in [-0.25, -0.2) is 4.98 Å². The van der Waals surface area contributed by atoms with Gasteiger partial charge in [0, 0.05) is 30.1 Å². The van der Waals surface area contributed by atoms with Gasteiger partial charge in [-0.2, -0.15) is 0 Å². The van der Waals surface area contributed by atoms with Crippen LogP contribution in [-0.2, 0) is 6.54 Å². The van der Waals surface area contributed by atoms with E-state index in [1.807, 2.05) is 72.1 Å². The summed E-state index contributed by atoms with van der Waals surface area (Å²) in [7, 11) is 0. The van der Waals surface area contributed by atoms with Crippen molar-refractivity contribution < 1.29 is 4.79 Å². The molecule has 0 aliphatic rings. The fourth-order valence-electron chi connectivity index (χ4n) is 3.48. The number of fused-ring (bicyclic) bond motifs is 3. The Balaban J connectivity index is 1.59. The van der Waals surface area contributed by atoms with Gasteiger partial charge in [0.15, 0.2) is 11.6 Å². The van der Waals surface area contributed by atoms with E-state index in [1.54, 1.807) is 12.3 Å². The Morgan fingerprint density at radius 1 is 1.00 bits per heavy atom. The number of carbonyl (C=O) groups excluding carboxylic acids is 1. The summed E-state index contributed by atoms with van der Waals surface area (Å²) in [6.45, 7) is 2.45. The summed E-state index contributed by atoms with van der Waals surface area (Å²) in [5.41, 5.74) is 4.45. The Morgan fingerprint density at radius 2 is 1.87 bits per heavy atom. The fourth-order valence-corrected chi connectivity index (χ4v) is 3.48. The first kappa shape index (κ1) is 17.9. The molecular formula is C23H18N6O. The Morgan fingerprint density at radius 3 is 2.67 bits per heavy atom. The minimum atomic E-state index is -0.0323. The molecule has 0 fully saturated rings. The summed E-state index contributed by atoms with van der Waals surface area (Å²) >= 11 is 0. The molecule has 0 bridgehead atoms. The topological polar surface area (TPSA) is 85.1 Å². The number of nitrogens with zero attached hydrogens (tertiary/aromatic N) is 5. The first-order valence-corrected chi connectivity index (χ1v) is 9.59. The van der Waals surface area contributed by atoms with Crippen molar-refractivity contribution in [2.24, 2.45) is 0 Å². The molecule has 0 unspecified atom stereocenters. The molecule has 0 saturated heterocycles. The molecule has 5 rings (SSSR count). The predicted molar refractivity (Wildman–Crippen MR) is 114 cm³/mol. The van der Waals surface area contributed by atoms with Crippen molar-refractivity contribution in [3.05, 3.63) is 95.6 Å². The van der Waals surface area contributed by atoms with Crippen molar-refractivity contribution in [3.63, 3.8) is 0 Å². The lowest BCUT2D eigenvalue weighted by molar-refractivity contribution is 0.103. The molecule has 2 aromatic carbocycles. The summed E-state index contributed by atoms with van der Waals surface area (Å²) in [4.78, 5) is 21.8. The second kappa shape index (κ2) is 7.36. The number of anilines is 1. The van der Waals surface area contributed by atoms with Gasteiger partial charge in [-0.15, -0.1) is 10.2 Å². The molecule has 30 heavy (non-hydrogen) atoms. The molecule has 0 spiro atoms. The van der Waals surface area contributed by atoms with Crippen LogP contribution in [0, 0.1) is 6.92 Å². The third kappa shape index (κ3) is 3.16. The van der Waals surface area contributed by atoms with Gasteiger partial charge in [0.25, 0.3) is 0 Å². The smallest absolute Gasteiger partial charge is 0.204 e. The van der Waals surface area contributed by atoms with Crippen LogP contribution in [0.3, 0.4) is 0 Å². The van der Waals surface area contributed by atoms with Gasteiger partial charge < -0.3 is 5.32 Å². The SMILES string of the molecule is Cc1nnc2c(NCc3cccnc3)nc3ccc(C(=O)c4ccccc4)cc3n12. The molecule has 3 aromatic heterocycles. The minimum Gasteiger partial charge on any atom is -0.363 e. The number of benzene rings is 2. The van der Waals surface area contributed by atoms with Crippen LogP contribution in [0.1, 0.15) is 27.3 Å². The van der Waals surface area contributed by atoms with Gasteiger partial charge in [-0.05, 0) is 36.8 Å². The van der Waals surface area contributed by atoms with Crippen LogP contribution in [-0.4, -0.2) is 30.3 Å². The second-order valence-corrected chi connectivity index (χ2v) is 6.98. The van der Waals surface area contributed by atoms with Crippen molar-refractivity contribution in [1.29, 1.82) is 0 Å². The standard InChI is InChI=1S/C23H18N6O/c1-15-27-28-23-22(25-14-16-6-5-11-24-13-16)26-19-10-9-18(12-20(19)29(15)23)21(30)17-7-3-2-4-8-17/h2-13H,14H2,1H3,(H,25,26). The molecule has 0 aliphatic heterocycles. The molecule has 0 amide bonds. The van der Waals surface area contributed by atoms with Crippen molar-refractivity contribution in [1.82, 2.24) is 24.6 Å². The summed E-state index contributed by atoms with van der Waals surface area (Å²) in [6, 6.07) is 18.7. The lowest BCUT2D eigenvalue weighted by atomic mass is 10.0. The van der Waals surface area contributed by atoms with Gasteiger partial charge in [0.1, 0.15) is 5.82 Å². The molecule has 3 heterocycles. The second-order valence-electron chi connectivity index (χ2n) is 6.98. The third-order valence-corrected chi connectivity index (χ3v) is 4.97. The highest BCUT2D eigenvalue weighted by Gasteiger charge is 2.16. The molecule has 0 aliphatic carbocycles. The van der Waals surface area contributed by atoms with Gasteiger partial charge in [-0.3, -0.25) is 14.2 Å². The normalized spacial score (nSPS) is 11.1. The number of ketones is 1. The highest BCUT2D eigenvalue weighted by atomic mass is 16.1. The lowest BCUT2D eigenvalue weighted by Gasteiger charge is -2.11. The maximum atomic E-state index is 12.9. The summed E-state index contributed by atoms with van der Waals surface area (Å²) in [6.07, 6.45) is 3.55. The van der Waals surface area contributed by atoms with Crippen molar-refractivity contribution in [2.75, 3.05) is 5.32 Å². The number of aryl methyl sites for hydroxylation is 1. The maximum absolute atomic E-state index is 12.9. The van der Waals surface area contributed by atoms with E-state index in [0.29, 0.717) is 29.1 Å². The van der Waals surface area contributed by atoms with E-state index in [1.165, 1.54) is 0 Å². The van der Waals surface area contributed by atoms with Crippen molar-refractivity contribution in [3.8, 4) is 0 Å². The highest BCUT2D eigenvalue weighted by molar-refractivity contribution is 6.10. The first-order chi connectivity index (χ1) is 14.7. The van der Waals surface area contributed by atoms with E-state index in [2.05, 4.69) is 20.5 Å². The molecule has 0 radical (unpaired) electrons. The number of nitrogens with one attached hydrogen (secondary N) is 1. The molecule has 0 atom stereocenters. The van der Waals surface area contributed by atoms with E-state index in [0.717, 1.165) is 22.4 Å². The summed E-state index contributed by atoms with van der Waals surface area (Å²) < 4.78 is 1.93. The van der Waals surface area contributed by atoms with E-state index >= 15 is 0 Å². The van der Waals surface area contributed by atoms with Crippen LogP contribution in [0.4, 0.5) is 5.82 Å². The van der Waals surface area contributed by atoms with Crippen molar-refractivity contribution >= 4 is 28.3 Å². The number of pyridine rings is 1. The Hall–Kier alpha value is -4.13. The largest absolute Gasteiger partial charge is 0.363 e. The fraction of sp³-hybridized carbons (Fsp3) is 0.0870. The average Bonchev–Trinajstić information content (AvgIpc) is 3.20. The quantitative estimate of drug-likeness (QED) is 0.456. The Kier molecular flexibility index (Phi) is 4.40. The molecule has 146 valence electrons. The maximum Gasteiger partial charge on any atom is 0.204 e. The Labute approximate surface area is 172 Å². The van der Waals surface area contributed by atoms with Gasteiger partial charge in [0.05, 0.1) is 11.0 Å². The first-order valence-electron chi connectivity index (χ1n) is 9.59.